The number of rotatable bonds is 4. The zero-order chi connectivity index (χ0) is 14.7. The highest BCUT2D eigenvalue weighted by Crippen LogP contribution is 2.26. The molecule has 0 spiro atoms. The summed E-state index contributed by atoms with van der Waals surface area (Å²) in [6.45, 7) is 4.14. The molecule has 1 heterocycles. The minimum absolute atomic E-state index is 0.141. The van der Waals surface area contributed by atoms with Crippen LogP contribution in [0.15, 0.2) is 39.2 Å². The quantitative estimate of drug-likeness (QED) is 0.680. The number of aliphatic carboxylic acids is 1. The minimum atomic E-state index is -1.00. The lowest BCUT2D eigenvalue weighted by Gasteiger charge is -1.97. The van der Waals surface area contributed by atoms with Crippen molar-refractivity contribution in [2.24, 2.45) is 4.99 Å². The molecule has 0 saturated heterocycles. The van der Waals surface area contributed by atoms with Crippen molar-refractivity contribution >= 4 is 29.2 Å². The molecule has 104 valence electrons. The third-order valence-corrected chi connectivity index (χ3v) is 2.97. The normalized spacial score (nSPS) is 12.7. The van der Waals surface area contributed by atoms with Crippen LogP contribution in [0.3, 0.4) is 0 Å². The Balaban J connectivity index is 2.45. The molecule has 0 amide bonds. The standard InChI is InChI=1S/C16H17NO3/c1-10(2)14-8-12-5-4-11(7-15(12)20-14)6-13(9-17-3)16(18)19/h4-10H,1-3H3,(H,18,19)/b13-6-,17-9+. The number of carboxylic acids is 1. The number of nitrogens with zero attached hydrogens (tertiary/aromatic N) is 1. The summed E-state index contributed by atoms with van der Waals surface area (Å²) in [7, 11) is 1.54. The molecular weight excluding hydrogens is 254 g/mol. The van der Waals surface area contributed by atoms with Crippen LogP contribution in [0, 0.1) is 0 Å². The van der Waals surface area contributed by atoms with Crippen molar-refractivity contribution in [1.82, 2.24) is 0 Å². The van der Waals surface area contributed by atoms with E-state index in [4.69, 9.17) is 9.52 Å². The zero-order valence-corrected chi connectivity index (χ0v) is 11.8. The summed E-state index contributed by atoms with van der Waals surface area (Å²) in [4.78, 5) is 14.8. The molecule has 1 N–H and O–H groups in total. The maximum Gasteiger partial charge on any atom is 0.337 e. The fraction of sp³-hybridized carbons (Fsp3) is 0.250. The molecule has 0 bridgehead atoms. The molecule has 20 heavy (non-hydrogen) atoms. The van der Waals surface area contributed by atoms with Crippen LogP contribution < -0.4 is 0 Å². The van der Waals surface area contributed by atoms with E-state index in [2.05, 4.69) is 18.8 Å². The van der Waals surface area contributed by atoms with E-state index >= 15 is 0 Å². The van der Waals surface area contributed by atoms with E-state index in [0.29, 0.717) is 5.92 Å². The molecule has 0 aliphatic heterocycles. The zero-order valence-electron chi connectivity index (χ0n) is 11.8. The number of carbonyl (C=O) groups is 1. The van der Waals surface area contributed by atoms with Gasteiger partial charge in [-0.15, -0.1) is 0 Å². The Morgan fingerprint density at radius 2 is 2.10 bits per heavy atom. The van der Waals surface area contributed by atoms with Gasteiger partial charge in [-0.3, -0.25) is 4.99 Å². The van der Waals surface area contributed by atoms with Gasteiger partial charge < -0.3 is 9.52 Å². The second kappa shape index (κ2) is 5.74. The van der Waals surface area contributed by atoms with Crippen molar-refractivity contribution < 1.29 is 14.3 Å². The molecule has 1 aromatic carbocycles. The first kappa shape index (κ1) is 14.1. The fourth-order valence-electron chi connectivity index (χ4n) is 1.92. The lowest BCUT2D eigenvalue weighted by Crippen LogP contribution is -2.01. The van der Waals surface area contributed by atoms with E-state index in [9.17, 15) is 4.79 Å². The van der Waals surface area contributed by atoms with E-state index in [-0.39, 0.29) is 5.57 Å². The van der Waals surface area contributed by atoms with E-state index in [1.165, 1.54) is 6.21 Å². The van der Waals surface area contributed by atoms with Crippen molar-refractivity contribution in [3.05, 3.63) is 41.2 Å². The monoisotopic (exact) mass is 271 g/mol. The van der Waals surface area contributed by atoms with Gasteiger partial charge in [0.1, 0.15) is 11.3 Å². The lowest BCUT2D eigenvalue weighted by atomic mass is 10.1. The third kappa shape index (κ3) is 2.96. The number of hydrogen-bond donors (Lipinski definition) is 1. The van der Waals surface area contributed by atoms with Gasteiger partial charge in [0, 0.05) is 24.6 Å². The maximum atomic E-state index is 11.1. The van der Waals surface area contributed by atoms with E-state index in [1.807, 2.05) is 24.3 Å². The van der Waals surface area contributed by atoms with Gasteiger partial charge in [0.05, 0.1) is 5.57 Å². The number of furan rings is 1. The molecule has 2 rings (SSSR count). The SMILES string of the molecule is C/N=C/C(=C/c1ccc2cc(C(C)C)oc2c1)C(=O)O. The number of aliphatic imine (C=N–C) groups is 1. The van der Waals surface area contributed by atoms with Crippen LogP contribution in [-0.4, -0.2) is 24.3 Å². The van der Waals surface area contributed by atoms with Crippen molar-refractivity contribution in [1.29, 1.82) is 0 Å². The molecule has 4 heteroatoms. The second-order valence-electron chi connectivity index (χ2n) is 4.89. The second-order valence-corrected chi connectivity index (χ2v) is 4.89. The summed E-state index contributed by atoms with van der Waals surface area (Å²) >= 11 is 0. The van der Waals surface area contributed by atoms with E-state index in [1.54, 1.807) is 13.1 Å². The first-order valence-electron chi connectivity index (χ1n) is 6.42. The third-order valence-electron chi connectivity index (χ3n) is 2.97. The Kier molecular flexibility index (Phi) is 4.03. The van der Waals surface area contributed by atoms with Crippen LogP contribution in [0.1, 0.15) is 31.1 Å². The first-order chi connectivity index (χ1) is 9.51. The summed E-state index contributed by atoms with van der Waals surface area (Å²) < 4.78 is 5.76. The predicted molar refractivity (Wildman–Crippen MR) is 80.3 cm³/mol. The molecule has 0 aliphatic rings. The van der Waals surface area contributed by atoms with Gasteiger partial charge >= 0.3 is 5.97 Å². The van der Waals surface area contributed by atoms with Gasteiger partial charge in [-0.05, 0) is 23.8 Å². The molecule has 2 aromatic rings. The van der Waals surface area contributed by atoms with Crippen LogP contribution in [0.4, 0.5) is 0 Å². The molecule has 0 saturated carbocycles. The van der Waals surface area contributed by atoms with Crippen molar-refractivity contribution in [3.8, 4) is 0 Å². The Bertz CT molecular complexity index is 693. The van der Waals surface area contributed by atoms with E-state index < -0.39 is 5.97 Å². The molecule has 0 unspecified atom stereocenters. The molecule has 1 aromatic heterocycles. The highest BCUT2D eigenvalue weighted by molar-refractivity contribution is 6.12. The largest absolute Gasteiger partial charge is 0.478 e. The Morgan fingerprint density at radius 3 is 2.70 bits per heavy atom. The van der Waals surface area contributed by atoms with Crippen LogP contribution in [0.25, 0.3) is 17.0 Å². The summed E-state index contributed by atoms with van der Waals surface area (Å²) in [6, 6.07) is 7.65. The minimum Gasteiger partial charge on any atom is -0.478 e. The highest BCUT2D eigenvalue weighted by Gasteiger charge is 2.08. The van der Waals surface area contributed by atoms with Gasteiger partial charge in [0.15, 0.2) is 0 Å². The van der Waals surface area contributed by atoms with Crippen LogP contribution in [0.2, 0.25) is 0 Å². The maximum absolute atomic E-state index is 11.1. The Morgan fingerprint density at radius 1 is 1.35 bits per heavy atom. The van der Waals surface area contributed by atoms with Crippen molar-refractivity contribution in [2.45, 2.75) is 19.8 Å². The summed E-state index contributed by atoms with van der Waals surface area (Å²) in [5.41, 5.74) is 1.68. The molecule has 4 nitrogen and oxygen atoms in total. The topological polar surface area (TPSA) is 62.8 Å². The summed E-state index contributed by atoms with van der Waals surface area (Å²) in [5, 5.41) is 10.1. The van der Waals surface area contributed by atoms with Gasteiger partial charge in [-0.2, -0.15) is 0 Å². The van der Waals surface area contributed by atoms with Crippen molar-refractivity contribution in [2.75, 3.05) is 7.05 Å². The van der Waals surface area contributed by atoms with Crippen LogP contribution in [0.5, 0.6) is 0 Å². The molecule has 0 aliphatic carbocycles. The lowest BCUT2D eigenvalue weighted by molar-refractivity contribution is -0.131. The highest BCUT2D eigenvalue weighted by atomic mass is 16.4. The number of carboxylic acid groups (broad SMARTS) is 1. The predicted octanol–water partition coefficient (Wildman–Crippen LogP) is 3.72. The first-order valence-corrected chi connectivity index (χ1v) is 6.42. The molecule has 0 radical (unpaired) electrons. The summed E-state index contributed by atoms with van der Waals surface area (Å²) in [6.07, 6.45) is 2.90. The number of benzene rings is 1. The Labute approximate surface area is 117 Å². The summed E-state index contributed by atoms with van der Waals surface area (Å²) in [5.74, 6) is 0.246. The molecular formula is C16H17NO3. The molecule has 0 fully saturated rings. The van der Waals surface area contributed by atoms with Crippen LogP contribution in [-0.2, 0) is 4.79 Å². The Hall–Kier alpha value is -2.36. The molecule has 0 atom stereocenters. The van der Waals surface area contributed by atoms with E-state index in [0.717, 1.165) is 22.3 Å². The number of fused-ring (bicyclic) bond motifs is 1. The average molecular weight is 271 g/mol. The van der Waals surface area contributed by atoms with Gasteiger partial charge in [0.25, 0.3) is 0 Å². The van der Waals surface area contributed by atoms with Gasteiger partial charge in [0.2, 0.25) is 0 Å². The van der Waals surface area contributed by atoms with Gasteiger partial charge in [-0.25, -0.2) is 4.79 Å². The van der Waals surface area contributed by atoms with Crippen molar-refractivity contribution in [3.63, 3.8) is 0 Å². The number of hydrogen-bond acceptors (Lipinski definition) is 3. The fourth-order valence-corrected chi connectivity index (χ4v) is 1.92. The smallest absolute Gasteiger partial charge is 0.337 e. The van der Waals surface area contributed by atoms with Gasteiger partial charge in [-0.1, -0.05) is 26.0 Å². The average Bonchev–Trinajstić information content (AvgIpc) is 2.81. The van der Waals surface area contributed by atoms with Crippen LogP contribution >= 0.6 is 0 Å².